The first kappa shape index (κ1) is 26.2. The van der Waals surface area contributed by atoms with Crippen LogP contribution in [0.5, 0.6) is 0 Å². The molecule has 178 valence electrons. The topological polar surface area (TPSA) is 125 Å². The Morgan fingerprint density at radius 1 is 1.03 bits per heavy atom. The van der Waals surface area contributed by atoms with Crippen LogP contribution in [0.1, 0.15) is 57.6 Å². The minimum Gasteiger partial charge on any atom is -0.385 e. The van der Waals surface area contributed by atoms with Crippen LogP contribution in [-0.4, -0.2) is 47.3 Å². The number of aliphatic hydroxyl groups is 1. The average Bonchev–Trinajstić information content (AvgIpc) is 2.73. The Morgan fingerprint density at radius 3 is 2.13 bits per heavy atom. The summed E-state index contributed by atoms with van der Waals surface area (Å²) in [4.78, 5) is 0. The normalized spacial score (nSPS) is 23.7. The fourth-order valence-corrected chi connectivity index (χ4v) is 5.28. The Morgan fingerprint density at radius 2 is 1.61 bits per heavy atom. The Kier molecular flexibility index (Phi) is 9.06. The van der Waals surface area contributed by atoms with Crippen LogP contribution in [0.25, 0.3) is 0 Å². The molecule has 0 aliphatic heterocycles. The van der Waals surface area contributed by atoms with Gasteiger partial charge in [-0.1, -0.05) is 31.2 Å². The average molecular weight is 476 g/mol. The molecule has 1 atom stereocenters. The van der Waals surface area contributed by atoms with Gasteiger partial charge in [-0.2, -0.15) is 8.42 Å². The summed E-state index contributed by atoms with van der Waals surface area (Å²) < 4.78 is 54.1. The number of hydrogen-bond acceptors (Lipinski definition) is 5. The van der Waals surface area contributed by atoms with E-state index in [9.17, 15) is 21.9 Å². The molecule has 4 N–H and O–H groups in total. The predicted molar refractivity (Wildman–Crippen MR) is 123 cm³/mol. The summed E-state index contributed by atoms with van der Waals surface area (Å²) in [5.41, 5.74) is 0.990. The van der Waals surface area contributed by atoms with Crippen molar-refractivity contribution in [3.8, 4) is 0 Å². The predicted octanol–water partition coefficient (Wildman–Crippen LogP) is 1.62. The minimum atomic E-state index is -3.43. The van der Waals surface area contributed by atoms with Gasteiger partial charge >= 0.3 is 0 Å². The maximum atomic E-state index is 12.0. The quantitative estimate of drug-likeness (QED) is 0.387. The molecule has 0 aromatic heterocycles. The van der Waals surface area contributed by atoms with Gasteiger partial charge in [-0.3, -0.25) is 0 Å². The van der Waals surface area contributed by atoms with Gasteiger partial charge in [0.05, 0.1) is 10.9 Å². The number of hydrogen-bond donors (Lipinski definition) is 4. The maximum Gasteiger partial charge on any atom is 0.276 e. The van der Waals surface area contributed by atoms with Gasteiger partial charge in [-0.15, -0.1) is 0 Å². The Hall–Kier alpha value is -1.04. The first-order valence-electron chi connectivity index (χ1n) is 10.9. The van der Waals surface area contributed by atoms with Gasteiger partial charge in [0.1, 0.15) is 0 Å². The molecule has 0 bridgehead atoms. The molecule has 0 heterocycles. The molecule has 10 heteroatoms. The summed E-state index contributed by atoms with van der Waals surface area (Å²) in [5.74, 6) is 0.580. The minimum absolute atomic E-state index is 0.210. The Labute approximate surface area is 187 Å². The van der Waals surface area contributed by atoms with Gasteiger partial charge in [0, 0.05) is 20.1 Å². The molecule has 0 saturated heterocycles. The van der Waals surface area contributed by atoms with Crippen molar-refractivity contribution in [2.75, 3.05) is 20.1 Å². The second-order valence-corrected chi connectivity index (χ2v) is 12.9. The van der Waals surface area contributed by atoms with Crippen LogP contribution in [0.3, 0.4) is 0 Å². The summed E-state index contributed by atoms with van der Waals surface area (Å²) >= 11 is 0. The monoisotopic (exact) mass is 475 g/mol. The van der Waals surface area contributed by atoms with E-state index in [1.165, 1.54) is 7.05 Å². The maximum absolute atomic E-state index is 12.0. The zero-order valence-corrected chi connectivity index (χ0v) is 20.5. The van der Waals surface area contributed by atoms with E-state index < -0.39 is 31.1 Å². The largest absolute Gasteiger partial charge is 0.385 e. The van der Waals surface area contributed by atoms with Crippen LogP contribution < -0.4 is 14.2 Å². The molecule has 0 amide bonds. The zero-order valence-electron chi connectivity index (χ0n) is 18.9. The molecule has 1 unspecified atom stereocenters. The summed E-state index contributed by atoms with van der Waals surface area (Å²) in [6, 6.07) is 7.69. The van der Waals surface area contributed by atoms with Crippen molar-refractivity contribution in [1.82, 2.24) is 14.2 Å². The van der Waals surface area contributed by atoms with Crippen molar-refractivity contribution in [3.05, 3.63) is 35.4 Å². The van der Waals surface area contributed by atoms with Crippen LogP contribution >= 0.6 is 0 Å². The van der Waals surface area contributed by atoms with Crippen LogP contribution in [0.2, 0.25) is 0 Å². The van der Waals surface area contributed by atoms with Gasteiger partial charge in [-0.05, 0) is 68.9 Å². The van der Waals surface area contributed by atoms with Gasteiger partial charge in [0.2, 0.25) is 10.0 Å². The highest BCUT2D eigenvalue weighted by Crippen LogP contribution is 2.41. The Bertz CT molecular complexity index is 907. The standard InChI is InChI=1S/C21H37N3O5S2/c1-16(2)30(26,27)24-15-17(3)19-9-12-21(25,13-10-19)20-7-5-18(6-8-20)11-14-23-31(28,29)22-4/h5-8,16-17,19,22-25H,9-15H2,1-4H3. The van der Waals surface area contributed by atoms with E-state index in [-0.39, 0.29) is 5.92 Å². The second-order valence-electron chi connectivity index (χ2n) is 8.84. The molecular formula is C21H37N3O5S2. The van der Waals surface area contributed by atoms with Crippen LogP contribution in [0.15, 0.2) is 24.3 Å². The SMILES string of the molecule is CNS(=O)(=O)NCCc1ccc(C2(O)CCC(C(C)CNS(=O)(=O)C(C)C)CC2)cc1. The van der Waals surface area contributed by atoms with Crippen molar-refractivity contribution in [1.29, 1.82) is 0 Å². The molecule has 0 spiro atoms. The first-order valence-corrected chi connectivity index (χ1v) is 13.9. The lowest BCUT2D eigenvalue weighted by molar-refractivity contribution is -0.0207. The van der Waals surface area contributed by atoms with Gasteiger partial charge < -0.3 is 5.11 Å². The zero-order chi connectivity index (χ0) is 23.3. The lowest BCUT2D eigenvalue weighted by Gasteiger charge is -2.38. The van der Waals surface area contributed by atoms with E-state index in [4.69, 9.17) is 0 Å². The first-order chi connectivity index (χ1) is 14.4. The molecule has 1 aromatic carbocycles. The third kappa shape index (κ3) is 7.50. The Balaban J connectivity index is 1.87. The summed E-state index contributed by atoms with van der Waals surface area (Å²) in [7, 11) is -5.33. The van der Waals surface area contributed by atoms with E-state index in [1.807, 2.05) is 24.3 Å². The van der Waals surface area contributed by atoms with Crippen molar-refractivity contribution < 1.29 is 21.9 Å². The third-order valence-electron chi connectivity index (χ3n) is 6.36. The van der Waals surface area contributed by atoms with Crippen molar-refractivity contribution in [2.45, 2.75) is 63.7 Å². The lowest BCUT2D eigenvalue weighted by Crippen LogP contribution is -2.38. The van der Waals surface area contributed by atoms with E-state index in [0.717, 1.165) is 24.0 Å². The highest BCUT2D eigenvalue weighted by atomic mass is 32.2. The molecule has 1 aromatic rings. The number of nitrogens with one attached hydrogen (secondary N) is 3. The van der Waals surface area contributed by atoms with Crippen molar-refractivity contribution in [3.63, 3.8) is 0 Å². The highest BCUT2D eigenvalue weighted by molar-refractivity contribution is 7.90. The molecule has 2 rings (SSSR count). The van der Waals surface area contributed by atoms with Crippen LogP contribution in [0, 0.1) is 11.8 Å². The fraction of sp³-hybridized carbons (Fsp3) is 0.714. The van der Waals surface area contributed by atoms with Crippen LogP contribution in [-0.2, 0) is 32.3 Å². The van der Waals surface area contributed by atoms with E-state index in [0.29, 0.717) is 38.3 Å². The highest BCUT2D eigenvalue weighted by Gasteiger charge is 2.36. The van der Waals surface area contributed by atoms with E-state index in [2.05, 4.69) is 21.1 Å². The van der Waals surface area contributed by atoms with E-state index >= 15 is 0 Å². The van der Waals surface area contributed by atoms with E-state index in [1.54, 1.807) is 13.8 Å². The second kappa shape index (κ2) is 10.7. The molecule has 1 saturated carbocycles. The molecule has 1 aliphatic rings. The molecular weight excluding hydrogens is 438 g/mol. The van der Waals surface area contributed by atoms with Gasteiger partial charge in [0.15, 0.2) is 0 Å². The lowest BCUT2D eigenvalue weighted by atomic mass is 9.71. The van der Waals surface area contributed by atoms with Gasteiger partial charge in [0.25, 0.3) is 10.2 Å². The van der Waals surface area contributed by atoms with Crippen molar-refractivity contribution in [2.24, 2.45) is 11.8 Å². The fourth-order valence-electron chi connectivity index (χ4n) is 3.94. The summed E-state index contributed by atoms with van der Waals surface area (Å²) in [6.45, 7) is 6.12. The molecule has 1 aliphatic carbocycles. The number of benzene rings is 1. The summed E-state index contributed by atoms with van der Waals surface area (Å²) in [6.07, 6.45) is 3.52. The van der Waals surface area contributed by atoms with Gasteiger partial charge in [-0.25, -0.2) is 22.6 Å². The number of rotatable bonds is 11. The molecule has 8 nitrogen and oxygen atoms in total. The van der Waals surface area contributed by atoms with Crippen molar-refractivity contribution >= 4 is 20.2 Å². The molecule has 31 heavy (non-hydrogen) atoms. The summed E-state index contributed by atoms with van der Waals surface area (Å²) in [5, 5.41) is 10.7. The molecule has 1 fully saturated rings. The number of sulfonamides is 1. The molecule has 0 radical (unpaired) electrons. The van der Waals surface area contributed by atoms with Crippen LogP contribution in [0.4, 0.5) is 0 Å². The third-order valence-corrected chi connectivity index (χ3v) is 9.29. The smallest absolute Gasteiger partial charge is 0.276 e.